The fourth-order valence-corrected chi connectivity index (χ4v) is 2.04. The number of benzene rings is 1. The number of nitrogens with zero attached hydrogens (tertiary/aromatic N) is 1. The second-order valence-corrected chi connectivity index (χ2v) is 4.67. The topological polar surface area (TPSA) is 22.1 Å². The molecule has 0 bridgehead atoms. The molecule has 2 aromatic rings. The summed E-state index contributed by atoms with van der Waals surface area (Å²) in [6.45, 7) is 0.357. The lowest BCUT2D eigenvalue weighted by Crippen LogP contribution is -1.99. The van der Waals surface area contributed by atoms with Crippen LogP contribution in [0.4, 0.5) is 0 Å². The molecule has 0 radical (unpaired) electrons. The zero-order valence-corrected chi connectivity index (χ0v) is 11.6. The van der Waals surface area contributed by atoms with Gasteiger partial charge in [-0.3, -0.25) is 0 Å². The fourth-order valence-electron chi connectivity index (χ4n) is 1.41. The van der Waals surface area contributed by atoms with Gasteiger partial charge >= 0.3 is 0 Å². The minimum atomic E-state index is 0.252. The van der Waals surface area contributed by atoms with Crippen molar-refractivity contribution in [2.75, 3.05) is 0 Å². The van der Waals surface area contributed by atoms with Gasteiger partial charge in [-0.05, 0) is 12.1 Å². The Morgan fingerprint density at radius 1 is 1.00 bits per heavy atom. The maximum absolute atomic E-state index is 6.03. The van der Waals surface area contributed by atoms with Crippen molar-refractivity contribution in [2.45, 2.75) is 12.5 Å². The van der Waals surface area contributed by atoms with Crippen LogP contribution in [0, 0.1) is 0 Å². The number of aromatic nitrogens is 1. The minimum absolute atomic E-state index is 0.252. The SMILES string of the molecule is ClCc1nc(OCc2ccccc2Cl)ccc1Cl. The van der Waals surface area contributed by atoms with E-state index in [1.54, 1.807) is 12.1 Å². The summed E-state index contributed by atoms with van der Waals surface area (Å²) in [5.41, 5.74) is 1.51. The molecular weight excluding hydrogens is 293 g/mol. The van der Waals surface area contributed by atoms with Crippen molar-refractivity contribution in [3.8, 4) is 5.88 Å². The van der Waals surface area contributed by atoms with Crippen LogP contribution in [0.1, 0.15) is 11.3 Å². The fraction of sp³-hybridized carbons (Fsp3) is 0.154. The van der Waals surface area contributed by atoms with Crippen molar-refractivity contribution in [2.24, 2.45) is 0 Å². The summed E-state index contributed by atoms with van der Waals surface area (Å²) < 4.78 is 5.56. The van der Waals surface area contributed by atoms with Gasteiger partial charge in [-0.2, -0.15) is 0 Å². The number of hydrogen-bond acceptors (Lipinski definition) is 2. The Morgan fingerprint density at radius 3 is 2.50 bits per heavy atom. The van der Waals surface area contributed by atoms with Crippen molar-refractivity contribution in [1.29, 1.82) is 0 Å². The van der Waals surface area contributed by atoms with Crippen LogP contribution in [0.15, 0.2) is 36.4 Å². The van der Waals surface area contributed by atoms with Gasteiger partial charge in [0.25, 0.3) is 0 Å². The molecule has 2 nitrogen and oxygen atoms in total. The first-order chi connectivity index (χ1) is 8.70. The van der Waals surface area contributed by atoms with E-state index in [1.165, 1.54) is 0 Å². The molecule has 2 rings (SSSR count). The van der Waals surface area contributed by atoms with Crippen LogP contribution in [0.3, 0.4) is 0 Å². The van der Waals surface area contributed by atoms with E-state index in [0.29, 0.717) is 28.2 Å². The molecular formula is C13H10Cl3NO. The monoisotopic (exact) mass is 301 g/mol. The molecule has 0 fully saturated rings. The number of alkyl halides is 1. The maximum Gasteiger partial charge on any atom is 0.213 e. The summed E-state index contributed by atoms with van der Waals surface area (Å²) in [4.78, 5) is 4.21. The van der Waals surface area contributed by atoms with Gasteiger partial charge in [0, 0.05) is 16.7 Å². The number of ether oxygens (including phenoxy) is 1. The van der Waals surface area contributed by atoms with Crippen LogP contribution in [0.2, 0.25) is 10.0 Å². The van der Waals surface area contributed by atoms with Gasteiger partial charge in [-0.25, -0.2) is 4.98 Å². The molecule has 94 valence electrons. The molecule has 5 heteroatoms. The van der Waals surface area contributed by atoms with Gasteiger partial charge in [-0.1, -0.05) is 41.4 Å². The molecule has 0 aliphatic heterocycles. The smallest absolute Gasteiger partial charge is 0.213 e. The number of pyridine rings is 1. The lowest BCUT2D eigenvalue weighted by Gasteiger charge is -2.08. The van der Waals surface area contributed by atoms with E-state index < -0.39 is 0 Å². The summed E-state index contributed by atoms with van der Waals surface area (Å²) >= 11 is 17.7. The van der Waals surface area contributed by atoms with E-state index in [9.17, 15) is 0 Å². The first-order valence-electron chi connectivity index (χ1n) is 5.28. The van der Waals surface area contributed by atoms with Crippen molar-refractivity contribution < 1.29 is 4.74 Å². The lowest BCUT2D eigenvalue weighted by molar-refractivity contribution is 0.293. The quantitative estimate of drug-likeness (QED) is 0.763. The Morgan fingerprint density at radius 2 is 1.78 bits per heavy atom. The Balaban J connectivity index is 2.09. The molecule has 0 unspecified atom stereocenters. The molecule has 0 amide bonds. The average molecular weight is 303 g/mol. The second kappa shape index (κ2) is 6.28. The molecule has 1 heterocycles. The first-order valence-corrected chi connectivity index (χ1v) is 6.57. The van der Waals surface area contributed by atoms with Gasteiger partial charge in [0.05, 0.1) is 16.6 Å². The highest BCUT2D eigenvalue weighted by Crippen LogP contribution is 2.21. The predicted molar refractivity (Wildman–Crippen MR) is 74.6 cm³/mol. The van der Waals surface area contributed by atoms with E-state index in [1.807, 2.05) is 24.3 Å². The normalized spacial score (nSPS) is 10.4. The number of hydrogen-bond donors (Lipinski definition) is 0. The van der Waals surface area contributed by atoms with Gasteiger partial charge in [-0.15, -0.1) is 11.6 Å². The third-order valence-corrected chi connectivity index (χ3v) is 3.32. The highest BCUT2D eigenvalue weighted by atomic mass is 35.5. The van der Waals surface area contributed by atoms with Crippen LogP contribution in [0.25, 0.3) is 0 Å². The average Bonchev–Trinajstić information content (AvgIpc) is 2.39. The van der Waals surface area contributed by atoms with Crippen LogP contribution in [-0.2, 0) is 12.5 Å². The van der Waals surface area contributed by atoms with E-state index in [4.69, 9.17) is 39.5 Å². The summed E-state index contributed by atoms with van der Waals surface area (Å²) in [6.07, 6.45) is 0. The van der Waals surface area contributed by atoms with Gasteiger partial charge < -0.3 is 4.74 Å². The Labute approximate surface area is 120 Å². The summed E-state index contributed by atoms with van der Waals surface area (Å²) in [5, 5.41) is 1.21. The molecule has 0 saturated carbocycles. The third kappa shape index (κ3) is 3.29. The van der Waals surface area contributed by atoms with Crippen molar-refractivity contribution in [1.82, 2.24) is 4.98 Å². The minimum Gasteiger partial charge on any atom is -0.473 e. The number of halogens is 3. The largest absolute Gasteiger partial charge is 0.473 e. The lowest BCUT2D eigenvalue weighted by atomic mass is 10.2. The molecule has 0 saturated heterocycles. The van der Waals surface area contributed by atoms with Crippen LogP contribution in [0.5, 0.6) is 5.88 Å². The highest BCUT2D eigenvalue weighted by Gasteiger charge is 2.05. The summed E-state index contributed by atoms with van der Waals surface area (Å²) in [7, 11) is 0. The molecule has 1 aromatic heterocycles. The molecule has 0 aliphatic carbocycles. The number of rotatable bonds is 4. The molecule has 0 atom stereocenters. The van der Waals surface area contributed by atoms with Crippen LogP contribution >= 0.6 is 34.8 Å². The Kier molecular flexibility index (Phi) is 4.70. The molecule has 0 aliphatic rings. The van der Waals surface area contributed by atoms with Gasteiger partial charge in [0.1, 0.15) is 6.61 Å². The Hall–Kier alpha value is -0.960. The van der Waals surface area contributed by atoms with E-state index in [2.05, 4.69) is 4.98 Å². The molecule has 0 spiro atoms. The van der Waals surface area contributed by atoms with Crippen molar-refractivity contribution >= 4 is 34.8 Å². The van der Waals surface area contributed by atoms with Crippen molar-refractivity contribution in [3.05, 3.63) is 57.7 Å². The summed E-state index contributed by atoms with van der Waals surface area (Å²) in [6, 6.07) is 10.9. The zero-order valence-electron chi connectivity index (χ0n) is 9.37. The molecule has 0 N–H and O–H groups in total. The predicted octanol–water partition coefficient (Wildman–Crippen LogP) is 4.71. The second-order valence-electron chi connectivity index (χ2n) is 3.59. The zero-order chi connectivity index (χ0) is 13.0. The third-order valence-electron chi connectivity index (χ3n) is 2.35. The van der Waals surface area contributed by atoms with Crippen molar-refractivity contribution in [3.63, 3.8) is 0 Å². The first kappa shape index (κ1) is 13.5. The van der Waals surface area contributed by atoms with Gasteiger partial charge in [0.15, 0.2) is 0 Å². The summed E-state index contributed by atoms with van der Waals surface area (Å²) in [5.74, 6) is 0.734. The molecule has 18 heavy (non-hydrogen) atoms. The van der Waals surface area contributed by atoms with Crippen LogP contribution < -0.4 is 4.74 Å². The van der Waals surface area contributed by atoms with E-state index in [0.717, 1.165) is 5.56 Å². The maximum atomic E-state index is 6.03. The van der Waals surface area contributed by atoms with Gasteiger partial charge in [0.2, 0.25) is 5.88 Å². The molecule has 1 aromatic carbocycles. The van der Waals surface area contributed by atoms with E-state index >= 15 is 0 Å². The Bertz CT molecular complexity index is 546. The standard InChI is InChI=1S/C13H10Cl3NO/c14-7-12-11(16)5-6-13(17-12)18-8-9-3-1-2-4-10(9)15/h1-6H,7-8H2. The highest BCUT2D eigenvalue weighted by molar-refractivity contribution is 6.32. The van der Waals surface area contributed by atoms with Crippen LogP contribution in [-0.4, -0.2) is 4.98 Å². The van der Waals surface area contributed by atoms with E-state index in [-0.39, 0.29) is 5.88 Å².